The maximum atomic E-state index is 5.64. The summed E-state index contributed by atoms with van der Waals surface area (Å²) >= 11 is 0. The van der Waals surface area contributed by atoms with Crippen molar-refractivity contribution in [1.82, 2.24) is 4.98 Å². The molecule has 0 aliphatic rings. The second kappa shape index (κ2) is 7.12. The van der Waals surface area contributed by atoms with Gasteiger partial charge >= 0.3 is 0 Å². The number of ether oxygens (including phenoxy) is 1. The average molecular weight is 237 g/mol. The van der Waals surface area contributed by atoms with Crippen LogP contribution in [0.25, 0.3) is 0 Å². The van der Waals surface area contributed by atoms with Gasteiger partial charge in [0.15, 0.2) is 0 Å². The summed E-state index contributed by atoms with van der Waals surface area (Å²) in [5.41, 5.74) is 5.64. The number of nitrogens with two attached hydrogens (primary N) is 1. The molecule has 0 aromatic carbocycles. The van der Waals surface area contributed by atoms with Gasteiger partial charge in [0, 0.05) is 25.7 Å². The van der Waals surface area contributed by atoms with Crippen molar-refractivity contribution in [3.63, 3.8) is 0 Å². The molecule has 1 aromatic rings. The molecule has 0 unspecified atom stereocenters. The Morgan fingerprint density at radius 1 is 1.41 bits per heavy atom. The summed E-state index contributed by atoms with van der Waals surface area (Å²) in [6.45, 7) is 9.39. The monoisotopic (exact) mass is 237 g/mol. The van der Waals surface area contributed by atoms with Crippen LogP contribution in [-0.4, -0.2) is 31.2 Å². The minimum atomic E-state index is 0.582. The standard InChI is InChI=1S/C13H23N3O/c1-4-17-13-7-5-6-12(15-13)16(9-8-14)10-11(2)3/h5-7,11H,4,8-10,14H2,1-3H3. The van der Waals surface area contributed by atoms with Gasteiger partial charge in [-0.25, -0.2) is 0 Å². The highest BCUT2D eigenvalue weighted by atomic mass is 16.5. The molecule has 0 atom stereocenters. The van der Waals surface area contributed by atoms with E-state index >= 15 is 0 Å². The van der Waals surface area contributed by atoms with Crippen LogP contribution in [-0.2, 0) is 0 Å². The summed E-state index contributed by atoms with van der Waals surface area (Å²) in [4.78, 5) is 6.68. The third-order valence-electron chi connectivity index (χ3n) is 2.31. The van der Waals surface area contributed by atoms with E-state index in [0.717, 1.165) is 18.9 Å². The van der Waals surface area contributed by atoms with Crippen LogP contribution in [0.3, 0.4) is 0 Å². The van der Waals surface area contributed by atoms with Crippen LogP contribution >= 0.6 is 0 Å². The fourth-order valence-electron chi connectivity index (χ4n) is 1.70. The normalized spacial score (nSPS) is 10.6. The van der Waals surface area contributed by atoms with E-state index in [0.29, 0.717) is 24.9 Å². The summed E-state index contributed by atoms with van der Waals surface area (Å²) < 4.78 is 5.41. The maximum absolute atomic E-state index is 5.64. The zero-order chi connectivity index (χ0) is 12.7. The summed E-state index contributed by atoms with van der Waals surface area (Å²) in [5, 5.41) is 0. The Balaban J connectivity index is 2.81. The van der Waals surface area contributed by atoms with Crippen molar-refractivity contribution in [3.8, 4) is 5.88 Å². The molecule has 1 aromatic heterocycles. The minimum Gasteiger partial charge on any atom is -0.478 e. The molecule has 0 amide bonds. The van der Waals surface area contributed by atoms with Gasteiger partial charge in [0.05, 0.1) is 6.61 Å². The summed E-state index contributed by atoms with van der Waals surface area (Å²) in [7, 11) is 0. The van der Waals surface area contributed by atoms with Gasteiger partial charge in [0.1, 0.15) is 5.82 Å². The second-order valence-electron chi connectivity index (χ2n) is 4.40. The molecule has 0 radical (unpaired) electrons. The Hall–Kier alpha value is -1.29. The SMILES string of the molecule is CCOc1cccc(N(CCN)CC(C)C)n1. The number of hydrogen-bond acceptors (Lipinski definition) is 4. The Morgan fingerprint density at radius 2 is 2.18 bits per heavy atom. The molecule has 0 fully saturated rings. The van der Waals surface area contributed by atoms with E-state index in [4.69, 9.17) is 10.5 Å². The quantitative estimate of drug-likeness (QED) is 0.787. The van der Waals surface area contributed by atoms with Crippen LogP contribution in [0.15, 0.2) is 18.2 Å². The molecule has 96 valence electrons. The van der Waals surface area contributed by atoms with E-state index < -0.39 is 0 Å². The maximum Gasteiger partial charge on any atom is 0.215 e. The number of aromatic nitrogens is 1. The van der Waals surface area contributed by atoms with Crippen LogP contribution in [0.2, 0.25) is 0 Å². The first kappa shape index (κ1) is 13.8. The lowest BCUT2D eigenvalue weighted by molar-refractivity contribution is 0.327. The van der Waals surface area contributed by atoms with Crippen LogP contribution < -0.4 is 15.4 Å². The molecule has 4 heteroatoms. The first-order valence-electron chi connectivity index (χ1n) is 6.22. The predicted molar refractivity (Wildman–Crippen MR) is 71.5 cm³/mol. The van der Waals surface area contributed by atoms with E-state index in [2.05, 4.69) is 23.7 Å². The van der Waals surface area contributed by atoms with E-state index in [1.165, 1.54) is 0 Å². The minimum absolute atomic E-state index is 0.582. The third kappa shape index (κ3) is 4.61. The van der Waals surface area contributed by atoms with Crippen LogP contribution in [0, 0.1) is 5.92 Å². The van der Waals surface area contributed by atoms with Crippen LogP contribution in [0.4, 0.5) is 5.82 Å². The van der Waals surface area contributed by atoms with Crippen molar-refractivity contribution in [3.05, 3.63) is 18.2 Å². The molecule has 2 N–H and O–H groups in total. The molecule has 1 heterocycles. The number of nitrogens with zero attached hydrogens (tertiary/aromatic N) is 2. The number of rotatable bonds is 7. The molecule has 1 rings (SSSR count). The first-order valence-corrected chi connectivity index (χ1v) is 6.22. The molecule has 0 aliphatic carbocycles. The Labute approximate surface area is 104 Å². The van der Waals surface area contributed by atoms with Gasteiger partial charge in [-0.05, 0) is 18.9 Å². The predicted octanol–water partition coefficient (Wildman–Crippen LogP) is 1.90. The largest absolute Gasteiger partial charge is 0.478 e. The van der Waals surface area contributed by atoms with Gasteiger partial charge in [0.2, 0.25) is 5.88 Å². The fraction of sp³-hybridized carbons (Fsp3) is 0.615. The van der Waals surface area contributed by atoms with E-state index in [-0.39, 0.29) is 0 Å². The summed E-state index contributed by atoms with van der Waals surface area (Å²) in [5.74, 6) is 2.20. The molecular formula is C13H23N3O. The molecule has 0 spiro atoms. The molecule has 0 aliphatic heterocycles. The van der Waals surface area contributed by atoms with Crippen LogP contribution in [0.1, 0.15) is 20.8 Å². The number of anilines is 1. The highest BCUT2D eigenvalue weighted by Crippen LogP contribution is 2.16. The summed E-state index contributed by atoms with van der Waals surface area (Å²) in [6.07, 6.45) is 0. The third-order valence-corrected chi connectivity index (χ3v) is 2.31. The lowest BCUT2D eigenvalue weighted by atomic mass is 10.2. The summed E-state index contributed by atoms with van der Waals surface area (Å²) in [6, 6.07) is 5.85. The Morgan fingerprint density at radius 3 is 2.76 bits per heavy atom. The van der Waals surface area contributed by atoms with Gasteiger partial charge in [-0.1, -0.05) is 19.9 Å². The zero-order valence-corrected chi connectivity index (χ0v) is 11.0. The van der Waals surface area contributed by atoms with Crippen molar-refractivity contribution in [2.45, 2.75) is 20.8 Å². The highest BCUT2D eigenvalue weighted by molar-refractivity contribution is 5.40. The highest BCUT2D eigenvalue weighted by Gasteiger charge is 2.09. The number of pyridine rings is 1. The molecule has 0 saturated heterocycles. The molecule has 0 saturated carbocycles. The van der Waals surface area contributed by atoms with E-state index in [1.807, 2.05) is 25.1 Å². The van der Waals surface area contributed by atoms with Gasteiger partial charge in [-0.15, -0.1) is 0 Å². The van der Waals surface area contributed by atoms with E-state index in [9.17, 15) is 0 Å². The van der Waals surface area contributed by atoms with E-state index in [1.54, 1.807) is 0 Å². The molecular weight excluding hydrogens is 214 g/mol. The zero-order valence-electron chi connectivity index (χ0n) is 11.0. The Kier molecular flexibility index (Phi) is 5.77. The van der Waals surface area contributed by atoms with Gasteiger partial charge in [-0.2, -0.15) is 4.98 Å². The fourth-order valence-corrected chi connectivity index (χ4v) is 1.70. The average Bonchev–Trinajstić information content (AvgIpc) is 2.29. The lowest BCUT2D eigenvalue weighted by Crippen LogP contribution is -2.33. The molecule has 4 nitrogen and oxygen atoms in total. The smallest absolute Gasteiger partial charge is 0.215 e. The van der Waals surface area contributed by atoms with Crippen molar-refractivity contribution >= 4 is 5.82 Å². The lowest BCUT2D eigenvalue weighted by Gasteiger charge is -2.25. The van der Waals surface area contributed by atoms with Crippen molar-refractivity contribution < 1.29 is 4.74 Å². The second-order valence-corrected chi connectivity index (χ2v) is 4.40. The first-order chi connectivity index (χ1) is 8.17. The van der Waals surface area contributed by atoms with Gasteiger partial charge in [-0.3, -0.25) is 0 Å². The van der Waals surface area contributed by atoms with Crippen LogP contribution in [0.5, 0.6) is 5.88 Å². The van der Waals surface area contributed by atoms with Gasteiger partial charge < -0.3 is 15.4 Å². The van der Waals surface area contributed by atoms with Gasteiger partial charge in [0.25, 0.3) is 0 Å². The van der Waals surface area contributed by atoms with Crippen molar-refractivity contribution in [1.29, 1.82) is 0 Å². The molecule has 0 bridgehead atoms. The Bertz CT molecular complexity index is 328. The molecule has 17 heavy (non-hydrogen) atoms. The van der Waals surface area contributed by atoms with Crippen molar-refractivity contribution in [2.75, 3.05) is 31.1 Å². The van der Waals surface area contributed by atoms with Crippen molar-refractivity contribution in [2.24, 2.45) is 11.7 Å². The number of hydrogen-bond donors (Lipinski definition) is 1. The topological polar surface area (TPSA) is 51.4 Å².